The normalized spacial score (nSPS) is 12.1. The third-order valence-corrected chi connectivity index (χ3v) is 1.81. The molecule has 1 radical (unpaired) electrons. The number of hydrogen-bond acceptors (Lipinski definition) is 0. The van der Waals surface area contributed by atoms with Crippen LogP contribution in [-0.4, -0.2) is 0 Å². The fourth-order valence-electron chi connectivity index (χ4n) is 1.03. The molecule has 0 aromatic rings. The van der Waals surface area contributed by atoms with Gasteiger partial charge in [-0.1, -0.05) is 38.3 Å². The van der Waals surface area contributed by atoms with Crippen molar-refractivity contribution in [1.82, 2.24) is 0 Å². The summed E-state index contributed by atoms with van der Waals surface area (Å²) in [5.41, 5.74) is 1.49. The summed E-state index contributed by atoms with van der Waals surface area (Å²) in [6.45, 7) is 6.47. The molecule has 0 aromatic heterocycles. The summed E-state index contributed by atoms with van der Waals surface area (Å²) in [5, 5.41) is 0. The van der Waals surface area contributed by atoms with Crippen molar-refractivity contribution >= 4 is 0 Å². The van der Waals surface area contributed by atoms with Gasteiger partial charge < -0.3 is 0 Å². The van der Waals surface area contributed by atoms with Gasteiger partial charge in [0.1, 0.15) is 0 Å². The quantitative estimate of drug-likeness (QED) is 0.509. The highest BCUT2D eigenvalue weighted by atomic mass is 14.0. The fourth-order valence-corrected chi connectivity index (χ4v) is 1.03. The van der Waals surface area contributed by atoms with Gasteiger partial charge in [0.05, 0.1) is 0 Å². The first-order valence-corrected chi connectivity index (χ1v) is 4.29. The first kappa shape index (κ1) is 9.74. The van der Waals surface area contributed by atoms with Crippen LogP contribution < -0.4 is 0 Å². The van der Waals surface area contributed by atoms with E-state index in [1.807, 2.05) is 0 Å². The molecule has 0 spiro atoms. The summed E-state index contributed by atoms with van der Waals surface area (Å²) in [7, 11) is 0. The molecule has 0 amide bonds. The Labute approximate surface area is 65.3 Å². The summed E-state index contributed by atoms with van der Waals surface area (Å²) in [5.74, 6) is 0. The Hall–Kier alpha value is -0.260. The third kappa shape index (κ3) is 4.60. The van der Waals surface area contributed by atoms with E-state index in [2.05, 4.69) is 33.3 Å². The fraction of sp³-hybridized carbons (Fsp3) is 0.700. The lowest BCUT2D eigenvalue weighted by atomic mass is 10.1. The lowest BCUT2D eigenvalue weighted by molar-refractivity contribution is 0.714. The van der Waals surface area contributed by atoms with Crippen molar-refractivity contribution in [2.45, 2.75) is 46.5 Å². The van der Waals surface area contributed by atoms with Crippen molar-refractivity contribution in [3.63, 3.8) is 0 Å². The Morgan fingerprint density at radius 1 is 1.20 bits per heavy atom. The molecule has 0 unspecified atom stereocenters. The zero-order valence-electron chi connectivity index (χ0n) is 7.48. The average molecular weight is 139 g/mol. The maximum absolute atomic E-state index is 2.24. The van der Waals surface area contributed by atoms with Crippen LogP contribution in [0.2, 0.25) is 0 Å². The topological polar surface area (TPSA) is 0 Å². The summed E-state index contributed by atoms with van der Waals surface area (Å²) < 4.78 is 0. The number of hydrogen-bond donors (Lipinski definition) is 0. The van der Waals surface area contributed by atoms with Crippen LogP contribution in [0.4, 0.5) is 0 Å². The van der Waals surface area contributed by atoms with E-state index in [4.69, 9.17) is 0 Å². The van der Waals surface area contributed by atoms with Crippen LogP contribution in [0, 0.1) is 6.42 Å². The summed E-state index contributed by atoms with van der Waals surface area (Å²) in [6, 6.07) is 0. The third-order valence-electron chi connectivity index (χ3n) is 1.81. The lowest BCUT2D eigenvalue weighted by Crippen LogP contribution is -1.81. The first-order valence-electron chi connectivity index (χ1n) is 4.29. The van der Waals surface area contributed by atoms with E-state index in [0.29, 0.717) is 0 Å². The number of unbranched alkanes of at least 4 members (excludes halogenated alkanes) is 2. The van der Waals surface area contributed by atoms with Gasteiger partial charge in [-0.3, -0.25) is 0 Å². The molecule has 10 heavy (non-hydrogen) atoms. The number of rotatable bonds is 5. The summed E-state index contributed by atoms with van der Waals surface area (Å²) >= 11 is 0. The molecule has 0 nitrogen and oxygen atoms in total. The Balaban J connectivity index is 3.27. The minimum atomic E-state index is 1.26. The van der Waals surface area contributed by atoms with Gasteiger partial charge in [0.2, 0.25) is 0 Å². The van der Waals surface area contributed by atoms with Crippen LogP contribution in [-0.2, 0) is 0 Å². The van der Waals surface area contributed by atoms with Gasteiger partial charge >= 0.3 is 0 Å². The SMILES string of the molecule is C[CH]C(=CC)CCCCC. The zero-order chi connectivity index (χ0) is 7.82. The van der Waals surface area contributed by atoms with E-state index in [9.17, 15) is 0 Å². The molecule has 0 fully saturated rings. The second-order valence-electron chi connectivity index (χ2n) is 2.61. The zero-order valence-corrected chi connectivity index (χ0v) is 7.48. The molecular weight excluding hydrogens is 120 g/mol. The van der Waals surface area contributed by atoms with E-state index in [1.54, 1.807) is 0 Å². The van der Waals surface area contributed by atoms with E-state index in [-0.39, 0.29) is 0 Å². The van der Waals surface area contributed by atoms with E-state index in [1.165, 1.54) is 31.3 Å². The molecule has 0 aliphatic rings. The Morgan fingerprint density at radius 2 is 1.90 bits per heavy atom. The monoisotopic (exact) mass is 139 g/mol. The molecule has 59 valence electrons. The Kier molecular flexibility index (Phi) is 6.68. The predicted octanol–water partition coefficient (Wildman–Crippen LogP) is 3.74. The molecule has 0 heteroatoms. The van der Waals surface area contributed by atoms with Crippen LogP contribution in [0.3, 0.4) is 0 Å². The molecule has 0 aliphatic heterocycles. The molecule has 0 saturated carbocycles. The van der Waals surface area contributed by atoms with Gasteiger partial charge in [0.25, 0.3) is 0 Å². The average Bonchev–Trinajstić information content (AvgIpc) is 1.99. The molecule has 0 atom stereocenters. The van der Waals surface area contributed by atoms with Crippen LogP contribution in [0.15, 0.2) is 11.6 Å². The highest BCUT2D eigenvalue weighted by Gasteiger charge is 1.91. The molecule has 0 aromatic carbocycles. The smallest absolute Gasteiger partial charge is 0.0169 e. The largest absolute Gasteiger partial charge is 0.0882 e. The summed E-state index contributed by atoms with van der Waals surface area (Å²) in [6.07, 6.45) is 9.71. The van der Waals surface area contributed by atoms with Crippen molar-refractivity contribution in [2.24, 2.45) is 0 Å². The van der Waals surface area contributed by atoms with Crippen molar-refractivity contribution in [3.8, 4) is 0 Å². The van der Waals surface area contributed by atoms with Crippen molar-refractivity contribution < 1.29 is 0 Å². The van der Waals surface area contributed by atoms with Gasteiger partial charge in [0, 0.05) is 0 Å². The van der Waals surface area contributed by atoms with Crippen LogP contribution in [0.25, 0.3) is 0 Å². The van der Waals surface area contributed by atoms with Gasteiger partial charge in [-0.05, 0) is 26.2 Å². The molecule has 0 saturated heterocycles. The Morgan fingerprint density at radius 3 is 2.30 bits per heavy atom. The van der Waals surface area contributed by atoms with E-state index < -0.39 is 0 Å². The molecule has 0 heterocycles. The van der Waals surface area contributed by atoms with Gasteiger partial charge in [0.15, 0.2) is 0 Å². The van der Waals surface area contributed by atoms with E-state index in [0.717, 1.165) is 0 Å². The first-order chi connectivity index (χ1) is 4.85. The minimum absolute atomic E-state index is 1.26. The van der Waals surface area contributed by atoms with Crippen LogP contribution >= 0.6 is 0 Å². The van der Waals surface area contributed by atoms with Gasteiger partial charge in [-0.15, -0.1) is 0 Å². The summed E-state index contributed by atoms with van der Waals surface area (Å²) in [4.78, 5) is 0. The number of allylic oxidation sites excluding steroid dienone is 2. The highest BCUT2D eigenvalue weighted by molar-refractivity contribution is 5.09. The highest BCUT2D eigenvalue weighted by Crippen LogP contribution is 2.10. The van der Waals surface area contributed by atoms with Crippen molar-refractivity contribution in [3.05, 3.63) is 18.1 Å². The predicted molar refractivity (Wildman–Crippen MR) is 47.9 cm³/mol. The minimum Gasteiger partial charge on any atom is -0.0882 e. The Bertz CT molecular complexity index is 90.2. The van der Waals surface area contributed by atoms with Crippen molar-refractivity contribution in [2.75, 3.05) is 0 Å². The van der Waals surface area contributed by atoms with E-state index >= 15 is 0 Å². The van der Waals surface area contributed by atoms with Crippen LogP contribution in [0.1, 0.15) is 46.5 Å². The molecule has 0 bridgehead atoms. The molecule has 0 N–H and O–H groups in total. The molecule has 0 aliphatic carbocycles. The van der Waals surface area contributed by atoms with Gasteiger partial charge in [-0.25, -0.2) is 0 Å². The second-order valence-corrected chi connectivity index (χ2v) is 2.61. The molecular formula is C10H19. The lowest BCUT2D eigenvalue weighted by Gasteiger charge is -2.00. The maximum atomic E-state index is 2.24. The van der Waals surface area contributed by atoms with Crippen molar-refractivity contribution in [1.29, 1.82) is 0 Å². The van der Waals surface area contributed by atoms with Gasteiger partial charge in [-0.2, -0.15) is 0 Å². The maximum Gasteiger partial charge on any atom is -0.0169 e. The molecule has 0 rings (SSSR count). The standard InChI is InChI=1S/C10H19/c1-4-7-8-9-10(5-2)6-3/h5-6H,4,7-9H2,1-3H3. The second kappa shape index (κ2) is 6.85. The van der Waals surface area contributed by atoms with Crippen LogP contribution in [0.5, 0.6) is 0 Å².